The Kier molecular flexibility index (Phi) is 3.47. The van der Waals surface area contributed by atoms with Gasteiger partial charge in [0.25, 0.3) is 0 Å². The minimum atomic E-state index is -1.55. The Balaban J connectivity index is 2.06. The summed E-state index contributed by atoms with van der Waals surface area (Å²) in [4.78, 5) is 11.5. The molecule has 3 atom stereocenters. The molecule has 0 aliphatic carbocycles. The molecule has 2 fully saturated rings. The van der Waals surface area contributed by atoms with Crippen LogP contribution in [0.25, 0.3) is 0 Å². The fraction of sp³-hybridized carbons (Fsp3) is 0.909. The number of hydrogen-bond acceptors (Lipinski definition) is 5. The third-order valence-electron chi connectivity index (χ3n) is 3.08. The number of fused-ring (bicyclic) bond motifs is 1. The Morgan fingerprint density at radius 3 is 2.88 bits per heavy atom. The zero-order valence-electron chi connectivity index (χ0n) is 9.48. The van der Waals surface area contributed by atoms with E-state index in [1.165, 1.54) is 6.92 Å². The molecule has 0 saturated carbocycles. The van der Waals surface area contributed by atoms with E-state index in [1.807, 2.05) is 0 Å². The van der Waals surface area contributed by atoms with E-state index in [9.17, 15) is 9.90 Å². The molecule has 1 N–H and O–H groups in total. The summed E-state index contributed by atoms with van der Waals surface area (Å²) in [5, 5.41) is 9.98. The van der Waals surface area contributed by atoms with Crippen molar-refractivity contribution in [2.24, 2.45) is 0 Å². The van der Waals surface area contributed by atoms with E-state index in [0.717, 1.165) is 19.3 Å². The molecular weight excluding hydrogens is 212 g/mol. The molecule has 0 spiro atoms. The van der Waals surface area contributed by atoms with Crippen molar-refractivity contribution < 1.29 is 24.1 Å². The molecule has 2 heterocycles. The summed E-state index contributed by atoms with van der Waals surface area (Å²) in [6.45, 7) is 2.95. The van der Waals surface area contributed by atoms with Crippen LogP contribution in [0, 0.1) is 0 Å². The molecule has 0 aromatic carbocycles. The molecule has 5 heteroatoms. The first kappa shape index (κ1) is 11.8. The molecule has 0 radical (unpaired) electrons. The normalized spacial score (nSPS) is 41.2. The van der Waals surface area contributed by atoms with E-state index in [0.29, 0.717) is 19.8 Å². The number of carbonyl (C=O) groups excluding carboxylic acids is 1. The second kappa shape index (κ2) is 4.69. The molecule has 5 nitrogen and oxygen atoms in total. The van der Waals surface area contributed by atoms with Crippen LogP contribution >= 0.6 is 0 Å². The van der Waals surface area contributed by atoms with E-state index in [1.54, 1.807) is 0 Å². The van der Waals surface area contributed by atoms with Gasteiger partial charge in [-0.1, -0.05) is 0 Å². The predicted octanol–water partition coefficient (Wildman–Crippen LogP) is 0.248. The number of rotatable bonds is 0. The van der Waals surface area contributed by atoms with Crippen molar-refractivity contribution in [1.29, 1.82) is 0 Å². The summed E-state index contributed by atoms with van der Waals surface area (Å²) in [7, 11) is 0. The smallest absolute Gasteiger partial charge is 0.341 e. The maximum Gasteiger partial charge on any atom is 0.341 e. The first-order valence-electron chi connectivity index (χ1n) is 5.75. The Morgan fingerprint density at radius 2 is 2.06 bits per heavy atom. The lowest BCUT2D eigenvalue weighted by atomic mass is 9.98. The number of ether oxygens (including phenoxy) is 3. The lowest BCUT2D eigenvalue weighted by Crippen LogP contribution is -2.46. The standard InChI is InChI=1S/C11H18O5/c1-11(13)9-8(16-10(11)12)7-14-5-3-2-4-6-15-9/h8-9,13H,2-7H2,1H3/t8-,9-,11+/m1/s1. The lowest BCUT2D eigenvalue weighted by Gasteiger charge is -2.25. The van der Waals surface area contributed by atoms with Crippen LogP contribution < -0.4 is 0 Å². The Bertz CT molecular complexity index is 263. The van der Waals surface area contributed by atoms with E-state index in [-0.39, 0.29) is 0 Å². The molecule has 0 bridgehead atoms. The fourth-order valence-corrected chi connectivity index (χ4v) is 2.08. The third-order valence-corrected chi connectivity index (χ3v) is 3.08. The van der Waals surface area contributed by atoms with Crippen LogP contribution in [0.2, 0.25) is 0 Å². The van der Waals surface area contributed by atoms with Gasteiger partial charge in [0.1, 0.15) is 6.10 Å². The summed E-state index contributed by atoms with van der Waals surface area (Å²) in [5.74, 6) is -0.620. The van der Waals surface area contributed by atoms with Crippen LogP contribution in [0.3, 0.4) is 0 Å². The molecule has 0 amide bonds. The SMILES string of the molecule is C[C@@]1(O)C(=O)O[C@@H]2COCCCCCO[C@H]21. The second-order valence-electron chi connectivity index (χ2n) is 4.52. The van der Waals surface area contributed by atoms with Gasteiger partial charge in [-0.3, -0.25) is 0 Å². The first-order chi connectivity index (χ1) is 7.62. The highest BCUT2D eigenvalue weighted by Gasteiger charge is 2.54. The molecule has 2 saturated heterocycles. The molecule has 2 aliphatic rings. The number of hydrogen-bond donors (Lipinski definition) is 1. The summed E-state index contributed by atoms with van der Waals surface area (Å²) in [6, 6.07) is 0. The second-order valence-corrected chi connectivity index (χ2v) is 4.52. The zero-order chi connectivity index (χ0) is 11.6. The molecule has 2 rings (SSSR count). The number of carbonyl (C=O) groups is 1. The average Bonchev–Trinajstić information content (AvgIpc) is 2.46. The van der Waals surface area contributed by atoms with Crippen LogP contribution in [-0.2, 0) is 19.0 Å². The van der Waals surface area contributed by atoms with Crippen LogP contribution in [0.5, 0.6) is 0 Å². The fourth-order valence-electron chi connectivity index (χ4n) is 2.08. The van der Waals surface area contributed by atoms with Gasteiger partial charge in [-0.05, 0) is 26.2 Å². The van der Waals surface area contributed by atoms with Gasteiger partial charge in [0.05, 0.1) is 6.61 Å². The van der Waals surface area contributed by atoms with Crippen molar-refractivity contribution >= 4 is 5.97 Å². The highest BCUT2D eigenvalue weighted by molar-refractivity contribution is 5.82. The molecule has 0 unspecified atom stereocenters. The van der Waals surface area contributed by atoms with Crippen LogP contribution in [0.1, 0.15) is 26.2 Å². The van der Waals surface area contributed by atoms with Gasteiger partial charge >= 0.3 is 5.97 Å². The highest BCUT2D eigenvalue weighted by atomic mass is 16.6. The predicted molar refractivity (Wildman–Crippen MR) is 54.9 cm³/mol. The molecular formula is C11H18O5. The minimum Gasteiger partial charge on any atom is -0.455 e. The summed E-state index contributed by atoms with van der Waals surface area (Å²) in [6.07, 6.45) is 1.84. The van der Waals surface area contributed by atoms with E-state index in [2.05, 4.69) is 0 Å². The maximum atomic E-state index is 11.5. The molecule has 2 aliphatic heterocycles. The van der Waals surface area contributed by atoms with Gasteiger partial charge in [0.15, 0.2) is 11.7 Å². The molecule has 0 aromatic rings. The Morgan fingerprint density at radius 1 is 1.31 bits per heavy atom. The topological polar surface area (TPSA) is 65.0 Å². The van der Waals surface area contributed by atoms with Crippen molar-refractivity contribution in [3.05, 3.63) is 0 Å². The van der Waals surface area contributed by atoms with Gasteiger partial charge < -0.3 is 19.3 Å². The molecule has 0 aromatic heterocycles. The third kappa shape index (κ3) is 2.21. The van der Waals surface area contributed by atoms with E-state index in [4.69, 9.17) is 14.2 Å². The van der Waals surface area contributed by atoms with Crippen LogP contribution in [0.15, 0.2) is 0 Å². The van der Waals surface area contributed by atoms with Crippen molar-refractivity contribution in [2.45, 2.75) is 44.0 Å². The number of esters is 1. The highest BCUT2D eigenvalue weighted by Crippen LogP contribution is 2.29. The van der Waals surface area contributed by atoms with E-state index >= 15 is 0 Å². The first-order valence-corrected chi connectivity index (χ1v) is 5.75. The summed E-state index contributed by atoms with van der Waals surface area (Å²) < 4.78 is 16.0. The van der Waals surface area contributed by atoms with Gasteiger partial charge in [0, 0.05) is 13.2 Å². The molecule has 92 valence electrons. The van der Waals surface area contributed by atoms with Gasteiger partial charge in [-0.25, -0.2) is 4.79 Å². The average molecular weight is 230 g/mol. The molecule has 16 heavy (non-hydrogen) atoms. The van der Waals surface area contributed by atoms with Crippen LogP contribution in [-0.4, -0.2) is 48.7 Å². The van der Waals surface area contributed by atoms with Crippen molar-refractivity contribution in [2.75, 3.05) is 19.8 Å². The summed E-state index contributed by atoms with van der Waals surface area (Å²) >= 11 is 0. The van der Waals surface area contributed by atoms with Crippen molar-refractivity contribution in [3.8, 4) is 0 Å². The van der Waals surface area contributed by atoms with Gasteiger partial charge in [0.2, 0.25) is 0 Å². The summed E-state index contributed by atoms with van der Waals surface area (Å²) in [5.41, 5.74) is -1.55. The lowest BCUT2D eigenvalue weighted by molar-refractivity contribution is -0.156. The van der Waals surface area contributed by atoms with Crippen LogP contribution in [0.4, 0.5) is 0 Å². The largest absolute Gasteiger partial charge is 0.455 e. The van der Waals surface area contributed by atoms with E-state index < -0.39 is 23.8 Å². The number of aliphatic hydroxyl groups is 1. The van der Waals surface area contributed by atoms with Gasteiger partial charge in [-0.15, -0.1) is 0 Å². The monoisotopic (exact) mass is 230 g/mol. The van der Waals surface area contributed by atoms with Crippen molar-refractivity contribution in [1.82, 2.24) is 0 Å². The van der Waals surface area contributed by atoms with Crippen molar-refractivity contribution in [3.63, 3.8) is 0 Å². The zero-order valence-corrected chi connectivity index (χ0v) is 9.48. The Labute approximate surface area is 94.7 Å². The minimum absolute atomic E-state index is 0.298. The van der Waals surface area contributed by atoms with Gasteiger partial charge in [-0.2, -0.15) is 0 Å². The maximum absolute atomic E-state index is 11.5. The Hall–Kier alpha value is -0.650. The quantitative estimate of drug-likeness (QED) is 0.604.